The summed E-state index contributed by atoms with van der Waals surface area (Å²) in [5, 5.41) is 20.5. The fourth-order valence-electron chi connectivity index (χ4n) is 1.69. The van der Waals surface area contributed by atoms with Crippen molar-refractivity contribution in [2.45, 2.75) is 0 Å². The van der Waals surface area contributed by atoms with Crippen LogP contribution in [0, 0.1) is 0 Å². The number of aromatic amines is 2. The van der Waals surface area contributed by atoms with E-state index in [4.69, 9.17) is 0 Å². The second-order valence-electron chi connectivity index (χ2n) is 3.58. The molecule has 3 rings (SSSR count). The Bertz CT molecular complexity index is 440. The van der Waals surface area contributed by atoms with Crippen LogP contribution in [0.1, 0.15) is 0 Å². The van der Waals surface area contributed by atoms with E-state index in [0.29, 0.717) is 11.5 Å². The minimum absolute atomic E-state index is 0.641. The minimum Gasteiger partial charge on any atom is -0.337 e. The van der Waals surface area contributed by atoms with Crippen molar-refractivity contribution in [3.05, 3.63) is 6.20 Å². The normalized spacial score (nSPS) is 16.6. The summed E-state index contributed by atoms with van der Waals surface area (Å²) in [5.41, 5.74) is 0.675. The Kier molecular flexibility index (Phi) is 2.26. The van der Waals surface area contributed by atoms with Gasteiger partial charge in [0.15, 0.2) is 5.82 Å². The number of aromatic nitrogens is 6. The van der Waals surface area contributed by atoms with Crippen LogP contribution in [-0.2, 0) is 0 Å². The third-order valence-electron chi connectivity index (χ3n) is 2.53. The topological polar surface area (TPSA) is 98.4 Å². The largest absolute Gasteiger partial charge is 0.337 e. The Morgan fingerprint density at radius 2 is 2.06 bits per heavy atom. The summed E-state index contributed by atoms with van der Waals surface area (Å²) in [4.78, 5) is 6.52. The summed E-state index contributed by atoms with van der Waals surface area (Å²) in [5.74, 6) is 1.36. The molecule has 8 nitrogen and oxygen atoms in total. The van der Waals surface area contributed by atoms with Crippen LogP contribution in [-0.4, -0.2) is 56.8 Å². The first kappa shape index (κ1) is 9.28. The van der Waals surface area contributed by atoms with Gasteiger partial charge < -0.3 is 10.2 Å². The molecule has 3 N–H and O–H groups in total. The van der Waals surface area contributed by atoms with E-state index in [-0.39, 0.29) is 0 Å². The maximum atomic E-state index is 4.39. The molecule has 0 unspecified atom stereocenters. The number of piperazine rings is 1. The molecular weight excluding hydrogens is 208 g/mol. The van der Waals surface area contributed by atoms with E-state index < -0.39 is 0 Å². The summed E-state index contributed by atoms with van der Waals surface area (Å²) >= 11 is 0. The summed E-state index contributed by atoms with van der Waals surface area (Å²) in [6.07, 6.45) is 1.61. The van der Waals surface area contributed by atoms with E-state index in [9.17, 15) is 0 Å². The quantitative estimate of drug-likeness (QED) is 0.600. The van der Waals surface area contributed by atoms with Gasteiger partial charge in [-0.3, -0.25) is 5.10 Å². The van der Waals surface area contributed by atoms with Crippen LogP contribution in [0.25, 0.3) is 11.5 Å². The molecule has 1 aliphatic heterocycles. The smallest absolute Gasteiger partial charge is 0.245 e. The molecule has 0 atom stereocenters. The molecule has 3 heterocycles. The zero-order valence-electron chi connectivity index (χ0n) is 8.64. The van der Waals surface area contributed by atoms with Gasteiger partial charge in [0, 0.05) is 26.2 Å². The molecule has 84 valence electrons. The lowest BCUT2D eigenvalue weighted by molar-refractivity contribution is 0.580. The average Bonchev–Trinajstić information content (AvgIpc) is 3.01. The lowest BCUT2D eigenvalue weighted by Crippen LogP contribution is -2.44. The van der Waals surface area contributed by atoms with Crippen LogP contribution < -0.4 is 10.2 Å². The van der Waals surface area contributed by atoms with E-state index in [1.165, 1.54) is 0 Å². The number of nitrogens with zero attached hydrogens (tertiary/aromatic N) is 5. The van der Waals surface area contributed by atoms with Gasteiger partial charge in [0.1, 0.15) is 5.69 Å². The van der Waals surface area contributed by atoms with Gasteiger partial charge in [-0.05, 0) is 0 Å². The molecule has 0 aliphatic carbocycles. The second-order valence-corrected chi connectivity index (χ2v) is 3.58. The number of rotatable bonds is 2. The van der Waals surface area contributed by atoms with Crippen LogP contribution in [0.4, 0.5) is 5.95 Å². The third kappa shape index (κ3) is 1.63. The van der Waals surface area contributed by atoms with Crippen LogP contribution in [0.5, 0.6) is 0 Å². The van der Waals surface area contributed by atoms with E-state index >= 15 is 0 Å². The number of anilines is 1. The Morgan fingerprint density at radius 3 is 2.81 bits per heavy atom. The highest BCUT2D eigenvalue weighted by molar-refractivity contribution is 5.49. The molecule has 1 aliphatic rings. The van der Waals surface area contributed by atoms with Gasteiger partial charge in [0.05, 0.1) is 6.20 Å². The number of hydrogen-bond acceptors (Lipinski definition) is 6. The van der Waals surface area contributed by atoms with Gasteiger partial charge in [-0.2, -0.15) is 20.4 Å². The van der Waals surface area contributed by atoms with Crippen molar-refractivity contribution < 1.29 is 0 Å². The molecular formula is C8H12N8. The Morgan fingerprint density at radius 1 is 1.19 bits per heavy atom. The molecule has 1 fully saturated rings. The van der Waals surface area contributed by atoms with Gasteiger partial charge in [0.2, 0.25) is 5.95 Å². The molecule has 0 radical (unpaired) electrons. The molecule has 8 heteroatoms. The van der Waals surface area contributed by atoms with Crippen molar-refractivity contribution >= 4 is 5.95 Å². The molecule has 0 saturated carbocycles. The molecule has 1 saturated heterocycles. The summed E-state index contributed by atoms with van der Waals surface area (Å²) in [7, 11) is 0. The zero-order valence-corrected chi connectivity index (χ0v) is 8.64. The highest BCUT2D eigenvalue weighted by Crippen LogP contribution is 2.14. The van der Waals surface area contributed by atoms with E-state index in [1.54, 1.807) is 6.20 Å². The van der Waals surface area contributed by atoms with Crippen molar-refractivity contribution in [3.63, 3.8) is 0 Å². The highest BCUT2D eigenvalue weighted by Gasteiger charge is 2.16. The van der Waals surface area contributed by atoms with Gasteiger partial charge in [-0.15, -0.1) is 5.10 Å². The first-order valence-corrected chi connectivity index (χ1v) is 5.18. The maximum absolute atomic E-state index is 4.39. The zero-order chi connectivity index (χ0) is 10.8. The summed E-state index contributed by atoms with van der Waals surface area (Å²) < 4.78 is 0. The van der Waals surface area contributed by atoms with Gasteiger partial charge in [-0.1, -0.05) is 0 Å². The highest BCUT2D eigenvalue weighted by atomic mass is 15.4. The molecule has 2 aromatic rings. The molecule has 0 bridgehead atoms. The van der Waals surface area contributed by atoms with Gasteiger partial charge >= 0.3 is 0 Å². The number of nitrogens with one attached hydrogen (secondary N) is 3. The molecule has 16 heavy (non-hydrogen) atoms. The van der Waals surface area contributed by atoms with Crippen molar-refractivity contribution in [2.24, 2.45) is 0 Å². The van der Waals surface area contributed by atoms with Crippen molar-refractivity contribution in [1.29, 1.82) is 0 Å². The predicted octanol–water partition coefficient (Wildman–Crippen LogP) is -1.00. The Hall–Kier alpha value is -1.96. The maximum Gasteiger partial charge on any atom is 0.245 e. The first-order valence-electron chi connectivity index (χ1n) is 5.18. The van der Waals surface area contributed by atoms with E-state index in [0.717, 1.165) is 32.1 Å². The van der Waals surface area contributed by atoms with Crippen LogP contribution in [0.2, 0.25) is 0 Å². The number of H-pyrrole nitrogens is 2. The van der Waals surface area contributed by atoms with Gasteiger partial charge in [-0.25, -0.2) is 0 Å². The second kappa shape index (κ2) is 3.89. The third-order valence-corrected chi connectivity index (χ3v) is 2.53. The van der Waals surface area contributed by atoms with Crippen molar-refractivity contribution in [3.8, 4) is 11.5 Å². The van der Waals surface area contributed by atoms with E-state index in [1.807, 2.05) is 0 Å². The van der Waals surface area contributed by atoms with Crippen LogP contribution >= 0.6 is 0 Å². The summed E-state index contributed by atoms with van der Waals surface area (Å²) in [6.45, 7) is 3.79. The first-order chi connectivity index (χ1) is 7.93. The van der Waals surface area contributed by atoms with Crippen LogP contribution in [0.15, 0.2) is 6.20 Å². The molecule has 2 aromatic heterocycles. The molecule has 0 amide bonds. The lowest BCUT2D eigenvalue weighted by Gasteiger charge is -2.25. The monoisotopic (exact) mass is 220 g/mol. The van der Waals surface area contributed by atoms with Crippen molar-refractivity contribution in [2.75, 3.05) is 31.1 Å². The molecule has 0 spiro atoms. The summed E-state index contributed by atoms with van der Waals surface area (Å²) in [6, 6.07) is 0. The fourth-order valence-corrected chi connectivity index (χ4v) is 1.69. The number of hydrogen-bond donors (Lipinski definition) is 3. The SMILES string of the molecule is c1n[nH]nc1-c1nc(N2CCNCC2)n[nH]1. The lowest BCUT2D eigenvalue weighted by atomic mass is 10.4. The minimum atomic E-state index is 0.641. The van der Waals surface area contributed by atoms with Gasteiger partial charge in [0.25, 0.3) is 0 Å². The predicted molar refractivity (Wildman–Crippen MR) is 56.8 cm³/mol. The molecule has 0 aromatic carbocycles. The standard InChI is InChI=1S/C8H12N8/c1-3-16(4-2-9-1)8-11-7(13-14-8)6-5-10-15-12-6/h5,9H,1-4H2,(H,10,12,15)(H,11,13,14). The van der Waals surface area contributed by atoms with Crippen molar-refractivity contribution in [1.82, 2.24) is 35.9 Å². The fraction of sp³-hybridized carbons (Fsp3) is 0.500. The Balaban J connectivity index is 1.82. The Labute approximate surface area is 91.5 Å². The average molecular weight is 220 g/mol. The van der Waals surface area contributed by atoms with E-state index in [2.05, 4.69) is 40.8 Å². The van der Waals surface area contributed by atoms with Crippen LogP contribution in [0.3, 0.4) is 0 Å².